The third kappa shape index (κ3) is 2.00. The molecule has 0 bridgehead atoms. The molecule has 0 fully saturated rings. The molecule has 2 rings (SSSR count). The van der Waals surface area contributed by atoms with Gasteiger partial charge in [-0.15, -0.1) is 0 Å². The van der Waals surface area contributed by atoms with Crippen LogP contribution in [0.1, 0.15) is 5.56 Å². The molecule has 2 aromatic rings. The minimum Gasteiger partial charge on any atom is -0.330 e. The molecule has 1 aromatic carbocycles. The van der Waals surface area contributed by atoms with Crippen molar-refractivity contribution in [1.82, 2.24) is 14.8 Å². The molecular weight excluding hydrogens is 212 g/mol. The fourth-order valence-electron chi connectivity index (χ4n) is 1.50. The van der Waals surface area contributed by atoms with E-state index in [0.717, 1.165) is 17.7 Å². The second-order valence-electron chi connectivity index (χ2n) is 3.13. The minimum atomic E-state index is 0.585. The van der Waals surface area contributed by atoms with Crippen molar-refractivity contribution in [3.05, 3.63) is 41.4 Å². The molecule has 15 heavy (non-hydrogen) atoms. The molecule has 0 atom stereocenters. The maximum absolute atomic E-state index is 6.13. The molecule has 0 aliphatic carbocycles. The monoisotopic (exact) mass is 222 g/mol. The molecule has 1 heterocycles. The Kier molecular flexibility index (Phi) is 2.99. The van der Waals surface area contributed by atoms with Gasteiger partial charge in [0.2, 0.25) is 0 Å². The maximum atomic E-state index is 6.13. The van der Waals surface area contributed by atoms with E-state index in [1.807, 2.05) is 18.2 Å². The van der Waals surface area contributed by atoms with E-state index < -0.39 is 0 Å². The molecule has 0 amide bonds. The quantitative estimate of drug-likeness (QED) is 0.855. The van der Waals surface area contributed by atoms with Gasteiger partial charge < -0.3 is 5.73 Å². The van der Waals surface area contributed by atoms with E-state index in [9.17, 15) is 0 Å². The molecular formula is C10H11ClN4. The van der Waals surface area contributed by atoms with Gasteiger partial charge in [-0.1, -0.05) is 23.7 Å². The van der Waals surface area contributed by atoms with Gasteiger partial charge >= 0.3 is 0 Å². The Morgan fingerprint density at radius 1 is 1.40 bits per heavy atom. The summed E-state index contributed by atoms with van der Waals surface area (Å²) >= 11 is 6.13. The van der Waals surface area contributed by atoms with Gasteiger partial charge in [0.25, 0.3) is 0 Å². The first kappa shape index (κ1) is 10.1. The normalized spacial score (nSPS) is 10.5. The number of para-hydroxylation sites is 1. The van der Waals surface area contributed by atoms with E-state index in [-0.39, 0.29) is 0 Å². The van der Waals surface area contributed by atoms with Gasteiger partial charge in [-0.25, -0.2) is 9.67 Å². The predicted octanol–water partition coefficient (Wildman–Crippen LogP) is 1.42. The Morgan fingerprint density at radius 3 is 2.93 bits per heavy atom. The van der Waals surface area contributed by atoms with Crippen LogP contribution in [0.3, 0.4) is 0 Å². The summed E-state index contributed by atoms with van der Waals surface area (Å²) in [5.41, 5.74) is 7.49. The van der Waals surface area contributed by atoms with Crippen LogP contribution in [0.25, 0.3) is 5.69 Å². The van der Waals surface area contributed by atoms with Crippen LogP contribution in [0.5, 0.6) is 0 Å². The van der Waals surface area contributed by atoms with Crippen LogP contribution in [0, 0.1) is 0 Å². The van der Waals surface area contributed by atoms with Crippen molar-refractivity contribution < 1.29 is 0 Å². The Balaban J connectivity index is 2.52. The van der Waals surface area contributed by atoms with Crippen molar-refractivity contribution in [2.24, 2.45) is 5.73 Å². The predicted molar refractivity (Wildman–Crippen MR) is 59.1 cm³/mol. The van der Waals surface area contributed by atoms with Crippen LogP contribution < -0.4 is 5.73 Å². The van der Waals surface area contributed by atoms with Crippen LogP contribution in [0.15, 0.2) is 30.9 Å². The number of halogens is 1. The number of rotatable bonds is 3. The maximum Gasteiger partial charge on any atom is 0.138 e. The number of hydrogen-bond donors (Lipinski definition) is 1. The second kappa shape index (κ2) is 4.42. The first-order chi connectivity index (χ1) is 7.33. The number of nitrogens with zero attached hydrogens (tertiary/aromatic N) is 3. The van der Waals surface area contributed by atoms with Crippen molar-refractivity contribution in [1.29, 1.82) is 0 Å². The summed E-state index contributed by atoms with van der Waals surface area (Å²) in [7, 11) is 0. The van der Waals surface area contributed by atoms with E-state index >= 15 is 0 Å². The standard InChI is InChI=1S/C10H11ClN4/c11-9-3-1-2-8(4-5-12)10(9)15-7-13-6-14-15/h1-3,6-7H,4-5,12H2. The van der Waals surface area contributed by atoms with Crippen molar-refractivity contribution in [3.63, 3.8) is 0 Å². The fourth-order valence-corrected chi connectivity index (χ4v) is 1.78. The first-order valence-electron chi connectivity index (χ1n) is 4.65. The molecule has 0 aliphatic rings. The largest absolute Gasteiger partial charge is 0.330 e. The molecule has 5 heteroatoms. The highest BCUT2D eigenvalue weighted by Crippen LogP contribution is 2.23. The topological polar surface area (TPSA) is 56.7 Å². The summed E-state index contributed by atoms with van der Waals surface area (Å²) < 4.78 is 1.66. The molecule has 4 nitrogen and oxygen atoms in total. The van der Waals surface area contributed by atoms with Crippen LogP contribution in [0.4, 0.5) is 0 Å². The van der Waals surface area contributed by atoms with Gasteiger partial charge in [-0.05, 0) is 24.6 Å². The van der Waals surface area contributed by atoms with Crippen molar-refractivity contribution in [3.8, 4) is 5.69 Å². The van der Waals surface area contributed by atoms with Gasteiger partial charge in [-0.3, -0.25) is 0 Å². The van der Waals surface area contributed by atoms with Crippen LogP contribution in [-0.2, 0) is 6.42 Å². The molecule has 0 spiro atoms. The molecule has 1 aromatic heterocycles. The number of aromatic nitrogens is 3. The van der Waals surface area contributed by atoms with Gasteiger partial charge in [0.1, 0.15) is 12.7 Å². The summed E-state index contributed by atoms with van der Waals surface area (Å²) in [4.78, 5) is 3.90. The van der Waals surface area contributed by atoms with E-state index in [1.54, 1.807) is 11.0 Å². The lowest BCUT2D eigenvalue weighted by Gasteiger charge is -2.09. The Morgan fingerprint density at radius 2 is 2.27 bits per heavy atom. The Hall–Kier alpha value is -1.39. The zero-order valence-electron chi connectivity index (χ0n) is 8.10. The lowest BCUT2D eigenvalue weighted by Crippen LogP contribution is -2.07. The fraction of sp³-hybridized carbons (Fsp3) is 0.200. The lowest BCUT2D eigenvalue weighted by atomic mass is 10.1. The number of benzene rings is 1. The van der Waals surface area contributed by atoms with Crippen LogP contribution in [0.2, 0.25) is 5.02 Å². The van der Waals surface area contributed by atoms with Crippen molar-refractivity contribution >= 4 is 11.6 Å². The lowest BCUT2D eigenvalue weighted by molar-refractivity contribution is 0.849. The highest BCUT2D eigenvalue weighted by molar-refractivity contribution is 6.32. The van der Waals surface area contributed by atoms with E-state index in [2.05, 4.69) is 10.1 Å². The Labute approximate surface area is 92.7 Å². The summed E-state index contributed by atoms with van der Waals surface area (Å²) in [5, 5.41) is 4.73. The van der Waals surface area contributed by atoms with Gasteiger partial charge in [0.05, 0.1) is 10.7 Å². The highest BCUT2D eigenvalue weighted by atomic mass is 35.5. The molecule has 0 saturated heterocycles. The van der Waals surface area contributed by atoms with Crippen LogP contribution >= 0.6 is 11.6 Å². The summed E-state index contributed by atoms with van der Waals surface area (Å²) in [5.74, 6) is 0. The van der Waals surface area contributed by atoms with E-state index in [0.29, 0.717) is 11.6 Å². The van der Waals surface area contributed by atoms with Crippen LogP contribution in [-0.4, -0.2) is 21.3 Å². The molecule has 0 radical (unpaired) electrons. The molecule has 0 aliphatic heterocycles. The summed E-state index contributed by atoms with van der Waals surface area (Å²) in [6.07, 6.45) is 3.88. The van der Waals surface area contributed by atoms with Gasteiger partial charge in [0, 0.05) is 0 Å². The average molecular weight is 223 g/mol. The van der Waals surface area contributed by atoms with E-state index in [4.69, 9.17) is 17.3 Å². The molecule has 0 saturated carbocycles. The van der Waals surface area contributed by atoms with Gasteiger partial charge in [0.15, 0.2) is 0 Å². The highest BCUT2D eigenvalue weighted by Gasteiger charge is 2.08. The number of hydrogen-bond acceptors (Lipinski definition) is 3. The average Bonchev–Trinajstić information content (AvgIpc) is 2.71. The third-order valence-electron chi connectivity index (χ3n) is 2.13. The molecule has 78 valence electrons. The zero-order chi connectivity index (χ0) is 10.7. The van der Waals surface area contributed by atoms with Crippen molar-refractivity contribution in [2.45, 2.75) is 6.42 Å². The van der Waals surface area contributed by atoms with E-state index in [1.165, 1.54) is 6.33 Å². The summed E-state index contributed by atoms with van der Waals surface area (Å²) in [6.45, 7) is 0.585. The molecule has 0 unspecified atom stereocenters. The third-order valence-corrected chi connectivity index (χ3v) is 2.44. The smallest absolute Gasteiger partial charge is 0.138 e. The second-order valence-corrected chi connectivity index (χ2v) is 3.53. The SMILES string of the molecule is NCCc1cccc(Cl)c1-n1cncn1. The minimum absolute atomic E-state index is 0.585. The number of nitrogens with two attached hydrogens (primary N) is 1. The molecule has 2 N–H and O–H groups in total. The first-order valence-corrected chi connectivity index (χ1v) is 5.03. The van der Waals surface area contributed by atoms with Crippen molar-refractivity contribution in [2.75, 3.05) is 6.54 Å². The summed E-state index contributed by atoms with van der Waals surface area (Å²) in [6, 6.07) is 5.74. The zero-order valence-corrected chi connectivity index (χ0v) is 8.85. The van der Waals surface area contributed by atoms with Gasteiger partial charge in [-0.2, -0.15) is 5.10 Å². The Bertz CT molecular complexity index is 439.